The first-order chi connectivity index (χ1) is 11.9. The third-order valence-corrected chi connectivity index (χ3v) is 5.83. The molecule has 0 N–H and O–H groups in total. The molecule has 0 saturated heterocycles. The number of rotatable bonds is 5. The Morgan fingerprint density at radius 1 is 1.12 bits per heavy atom. The maximum absolute atomic E-state index is 12.7. The lowest BCUT2D eigenvalue weighted by molar-refractivity contribution is 0.0798. The number of carbonyl (C=O) groups is 1. The van der Waals surface area contributed by atoms with Crippen LogP contribution in [0, 0.1) is 0 Å². The minimum absolute atomic E-state index is 0.108. The second-order valence-electron chi connectivity index (χ2n) is 5.86. The molecule has 0 spiro atoms. The topological polar surface area (TPSA) is 72.9 Å². The molecule has 1 atom stereocenters. The summed E-state index contributed by atoms with van der Waals surface area (Å²) in [6.07, 6.45) is -0.397. The number of ketones is 1. The molecule has 25 heavy (non-hydrogen) atoms. The van der Waals surface area contributed by atoms with Crippen molar-refractivity contribution in [2.24, 2.45) is 0 Å². The van der Waals surface area contributed by atoms with Crippen molar-refractivity contribution in [1.29, 1.82) is 0 Å². The molecule has 1 heterocycles. The van der Waals surface area contributed by atoms with Crippen molar-refractivity contribution in [2.45, 2.75) is 17.9 Å². The van der Waals surface area contributed by atoms with Gasteiger partial charge in [0, 0.05) is 12.6 Å². The number of nitrogens with zero attached hydrogens (tertiary/aromatic N) is 1. The fourth-order valence-electron chi connectivity index (χ4n) is 2.58. The molecule has 0 aliphatic carbocycles. The minimum atomic E-state index is -3.67. The van der Waals surface area contributed by atoms with Crippen molar-refractivity contribution in [2.75, 3.05) is 20.2 Å². The zero-order valence-electron chi connectivity index (χ0n) is 14.0. The van der Waals surface area contributed by atoms with Crippen LogP contribution in [-0.2, 0) is 10.0 Å². The predicted molar refractivity (Wildman–Crippen MR) is 92.6 cm³/mol. The summed E-state index contributed by atoms with van der Waals surface area (Å²) in [7, 11) is -2.17. The number of fused-ring (bicyclic) bond motifs is 1. The molecule has 132 valence electrons. The quantitative estimate of drug-likeness (QED) is 0.765. The van der Waals surface area contributed by atoms with E-state index in [4.69, 9.17) is 9.47 Å². The second-order valence-corrected chi connectivity index (χ2v) is 7.91. The lowest BCUT2D eigenvalue weighted by Gasteiger charge is -2.29. The highest BCUT2D eigenvalue weighted by molar-refractivity contribution is 7.89. The van der Waals surface area contributed by atoms with Crippen LogP contribution in [0.25, 0.3) is 0 Å². The Morgan fingerprint density at radius 3 is 2.40 bits per heavy atom. The third-order valence-electron chi connectivity index (χ3n) is 4.00. The smallest absolute Gasteiger partial charge is 0.242 e. The van der Waals surface area contributed by atoms with Gasteiger partial charge in [-0.2, -0.15) is 4.31 Å². The van der Waals surface area contributed by atoms with Gasteiger partial charge in [0.1, 0.15) is 12.7 Å². The predicted octanol–water partition coefficient (Wildman–Crippen LogP) is 2.35. The Balaban J connectivity index is 1.72. The number of hydrogen-bond acceptors (Lipinski definition) is 5. The van der Waals surface area contributed by atoms with E-state index in [-0.39, 0.29) is 23.8 Å². The Morgan fingerprint density at radius 2 is 1.76 bits per heavy atom. The lowest BCUT2D eigenvalue weighted by atomic mass is 10.2. The highest BCUT2D eigenvalue weighted by atomic mass is 32.2. The molecule has 0 radical (unpaired) electrons. The molecule has 1 aliphatic heterocycles. The molecule has 0 saturated carbocycles. The largest absolute Gasteiger partial charge is 0.486 e. The summed E-state index contributed by atoms with van der Waals surface area (Å²) in [5.74, 6) is 1.16. The summed E-state index contributed by atoms with van der Waals surface area (Å²) in [6, 6.07) is 13.2. The van der Waals surface area contributed by atoms with Crippen LogP contribution in [0.4, 0.5) is 0 Å². The maximum Gasteiger partial charge on any atom is 0.242 e. The van der Waals surface area contributed by atoms with Gasteiger partial charge in [-0.05, 0) is 31.2 Å². The van der Waals surface area contributed by atoms with Gasteiger partial charge in [0.2, 0.25) is 10.0 Å². The van der Waals surface area contributed by atoms with Crippen LogP contribution in [0.15, 0.2) is 53.4 Å². The van der Waals surface area contributed by atoms with Crippen LogP contribution < -0.4 is 9.47 Å². The molecule has 0 unspecified atom stereocenters. The van der Waals surface area contributed by atoms with Crippen molar-refractivity contribution in [3.63, 3.8) is 0 Å². The van der Waals surface area contributed by atoms with E-state index in [0.29, 0.717) is 17.1 Å². The molecule has 3 rings (SSSR count). The average molecular weight is 361 g/mol. The number of Topliss-reactive ketones (excluding diaryl/α,β-unsaturated/α-hetero) is 1. The standard InChI is InChI=1S/C18H19NO5S/c1-13(20)14-7-9-16(10-8-14)25(21,22)19(2)11-15-12-23-17-5-3-4-6-18(17)24-15/h3-10,15H,11-12H2,1-2H3/t15-/m0/s1. The normalized spacial score (nSPS) is 16.7. The number of para-hydroxylation sites is 2. The number of sulfonamides is 1. The second kappa shape index (κ2) is 6.85. The van der Waals surface area contributed by atoms with Gasteiger partial charge in [-0.15, -0.1) is 0 Å². The Labute approximate surface area is 147 Å². The fourth-order valence-corrected chi connectivity index (χ4v) is 3.78. The molecule has 0 aromatic heterocycles. The summed E-state index contributed by atoms with van der Waals surface area (Å²) in [5.41, 5.74) is 0.474. The number of ether oxygens (including phenoxy) is 2. The molecule has 0 amide bonds. The number of benzene rings is 2. The highest BCUT2D eigenvalue weighted by Crippen LogP contribution is 2.31. The molecule has 0 fully saturated rings. The van der Waals surface area contributed by atoms with Gasteiger partial charge < -0.3 is 9.47 Å². The van der Waals surface area contributed by atoms with E-state index in [9.17, 15) is 13.2 Å². The van der Waals surface area contributed by atoms with Crippen molar-refractivity contribution in [3.8, 4) is 11.5 Å². The van der Waals surface area contributed by atoms with Gasteiger partial charge in [0.25, 0.3) is 0 Å². The van der Waals surface area contributed by atoms with E-state index in [2.05, 4.69) is 0 Å². The molecule has 2 aromatic rings. The highest BCUT2D eigenvalue weighted by Gasteiger charge is 2.28. The van der Waals surface area contributed by atoms with Crippen LogP contribution in [0.1, 0.15) is 17.3 Å². The first kappa shape index (κ1) is 17.4. The molecule has 7 heteroatoms. The van der Waals surface area contributed by atoms with E-state index in [1.165, 1.54) is 42.5 Å². The van der Waals surface area contributed by atoms with E-state index in [1.54, 1.807) is 6.07 Å². The first-order valence-electron chi connectivity index (χ1n) is 7.84. The average Bonchev–Trinajstić information content (AvgIpc) is 2.61. The van der Waals surface area contributed by atoms with Crippen molar-refractivity contribution >= 4 is 15.8 Å². The summed E-state index contributed by atoms with van der Waals surface area (Å²) in [6.45, 7) is 1.87. The van der Waals surface area contributed by atoms with Crippen LogP contribution in [0.5, 0.6) is 11.5 Å². The van der Waals surface area contributed by atoms with Crippen LogP contribution in [0.2, 0.25) is 0 Å². The van der Waals surface area contributed by atoms with Gasteiger partial charge in [-0.1, -0.05) is 24.3 Å². The Kier molecular flexibility index (Phi) is 4.78. The van der Waals surface area contributed by atoms with Crippen molar-refractivity contribution in [1.82, 2.24) is 4.31 Å². The Hall–Kier alpha value is -2.38. The van der Waals surface area contributed by atoms with Gasteiger partial charge in [0.05, 0.1) is 11.4 Å². The summed E-state index contributed by atoms with van der Waals surface area (Å²) >= 11 is 0. The van der Waals surface area contributed by atoms with Crippen LogP contribution in [0.3, 0.4) is 0 Å². The number of carbonyl (C=O) groups excluding carboxylic acids is 1. The molecule has 6 nitrogen and oxygen atoms in total. The monoisotopic (exact) mass is 361 g/mol. The molecule has 1 aliphatic rings. The molecule has 2 aromatic carbocycles. The first-order valence-corrected chi connectivity index (χ1v) is 9.28. The summed E-state index contributed by atoms with van der Waals surface area (Å²) < 4.78 is 38.0. The minimum Gasteiger partial charge on any atom is -0.486 e. The number of hydrogen-bond donors (Lipinski definition) is 0. The summed E-state index contributed by atoms with van der Waals surface area (Å²) in [5, 5.41) is 0. The SMILES string of the molecule is CC(=O)c1ccc(S(=O)(=O)N(C)C[C@H]2COc3ccccc3O2)cc1. The zero-order chi connectivity index (χ0) is 18.0. The molecular formula is C18H19NO5S. The Bertz CT molecular complexity index is 877. The third kappa shape index (κ3) is 3.67. The van der Waals surface area contributed by atoms with E-state index in [1.807, 2.05) is 18.2 Å². The van der Waals surface area contributed by atoms with Gasteiger partial charge in [0.15, 0.2) is 17.3 Å². The van der Waals surface area contributed by atoms with Crippen molar-refractivity contribution in [3.05, 3.63) is 54.1 Å². The van der Waals surface area contributed by atoms with E-state index >= 15 is 0 Å². The zero-order valence-corrected chi connectivity index (χ0v) is 14.8. The number of likely N-dealkylation sites (N-methyl/N-ethyl adjacent to an activating group) is 1. The van der Waals surface area contributed by atoms with E-state index < -0.39 is 16.1 Å². The van der Waals surface area contributed by atoms with Gasteiger partial charge in [-0.25, -0.2) is 8.42 Å². The van der Waals surface area contributed by atoms with Gasteiger partial charge in [-0.3, -0.25) is 4.79 Å². The van der Waals surface area contributed by atoms with Crippen LogP contribution >= 0.6 is 0 Å². The lowest BCUT2D eigenvalue weighted by Crippen LogP contribution is -2.41. The molecule has 0 bridgehead atoms. The molecular weight excluding hydrogens is 342 g/mol. The summed E-state index contributed by atoms with van der Waals surface area (Å²) in [4.78, 5) is 11.4. The fraction of sp³-hybridized carbons (Fsp3) is 0.278. The van der Waals surface area contributed by atoms with Crippen LogP contribution in [-0.4, -0.2) is 44.8 Å². The van der Waals surface area contributed by atoms with E-state index in [0.717, 1.165) is 0 Å². The van der Waals surface area contributed by atoms with Crippen molar-refractivity contribution < 1.29 is 22.7 Å². The van der Waals surface area contributed by atoms with Gasteiger partial charge >= 0.3 is 0 Å². The maximum atomic E-state index is 12.7.